The standard InChI is InChI=1S/C29H31N3O4S/c1-18-5-9-21(10-6-18)28(34)32(17-19-7-8-19)24-16-25(37-26(24)29(35)36)20-11-13-22(14-12-20)31-27(33)23-4-2-3-15-30-23/h2-4,11-16,18-19,21H,5-10,17H2,1H3,(H,31,33)(H,35,36)/t18-,21-. The number of nitrogens with one attached hydrogen (secondary N) is 1. The molecule has 2 N–H and O–H groups in total. The van der Waals surface area contributed by atoms with Crippen molar-refractivity contribution >= 4 is 40.5 Å². The first-order chi connectivity index (χ1) is 17.9. The van der Waals surface area contributed by atoms with Crippen LogP contribution in [-0.4, -0.2) is 34.4 Å². The van der Waals surface area contributed by atoms with Gasteiger partial charge in [0.1, 0.15) is 10.6 Å². The number of aromatic nitrogens is 1. The summed E-state index contributed by atoms with van der Waals surface area (Å²) < 4.78 is 0. The molecule has 37 heavy (non-hydrogen) atoms. The second kappa shape index (κ2) is 10.8. The molecule has 0 unspecified atom stereocenters. The van der Waals surface area contributed by atoms with Gasteiger partial charge in [-0.25, -0.2) is 4.79 Å². The maximum absolute atomic E-state index is 13.6. The molecule has 8 heteroatoms. The van der Waals surface area contributed by atoms with Gasteiger partial charge in [-0.15, -0.1) is 11.3 Å². The highest BCUT2D eigenvalue weighted by atomic mass is 32.1. The minimum atomic E-state index is -1.02. The molecular weight excluding hydrogens is 486 g/mol. The number of aromatic carboxylic acids is 1. The molecule has 2 fully saturated rings. The highest BCUT2D eigenvalue weighted by Crippen LogP contribution is 2.41. The molecule has 0 saturated heterocycles. The zero-order chi connectivity index (χ0) is 25.9. The molecule has 2 saturated carbocycles. The molecule has 2 heterocycles. The first-order valence-corrected chi connectivity index (χ1v) is 13.7. The van der Waals surface area contributed by atoms with Gasteiger partial charge >= 0.3 is 5.97 Å². The van der Waals surface area contributed by atoms with Crippen LogP contribution in [0.5, 0.6) is 0 Å². The van der Waals surface area contributed by atoms with E-state index in [0.717, 1.165) is 49.0 Å². The van der Waals surface area contributed by atoms with Gasteiger partial charge in [0.15, 0.2) is 0 Å². The van der Waals surface area contributed by atoms with Crippen molar-refractivity contribution in [3.05, 3.63) is 65.3 Å². The number of pyridine rings is 1. The minimum Gasteiger partial charge on any atom is -0.477 e. The summed E-state index contributed by atoms with van der Waals surface area (Å²) in [5.74, 6) is -0.207. The van der Waals surface area contributed by atoms with E-state index in [1.54, 1.807) is 41.4 Å². The molecule has 0 radical (unpaired) electrons. The van der Waals surface area contributed by atoms with E-state index in [1.807, 2.05) is 18.2 Å². The van der Waals surface area contributed by atoms with E-state index in [1.165, 1.54) is 11.3 Å². The number of carboxylic acid groups (broad SMARTS) is 1. The van der Waals surface area contributed by atoms with Gasteiger partial charge in [0.25, 0.3) is 5.91 Å². The van der Waals surface area contributed by atoms with Crippen LogP contribution in [0.2, 0.25) is 0 Å². The van der Waals surface area contributed by atoms with Gasteiger partial charge < -0.3 is 15.3 Å². The van der Waals surface area contributed by atoms with Crippen molar-refractivity contribution in [2.24, 2.45) is 17.8 Å². The Labute approximate surface area is 220 Å². The first kappa shape index (κ1) is 25.1. The Balaban J connectivity index is 1.39. The van der Waals surface area contributed by atoms with Crippen LogP contribution in [0.25, 0.3) is 10.4 Å². The van der Waals surface area contributed by atoms with Crippen molar-refractivity contribution in [3.63, 3.8) is 0 Å². The molecule has 2 aliphatic rings. The Hall–Kier alpha value is -3.52. The van der Waals surface area contributed by atoms with E-state index >= 15 is 0 Å². The lowest BCUT2D eigenvalue weighted by Crippen LogP contribution is -2.39. The van der Waals surface area contributed by atoms with Gasteiger partial charge in [0.05, 0.1) is 5.69 Å². The average Bonchev–Trinajstić information content (AvgIpc) is 3.63. The maximum atomic E-state index is 13.6. The normalized spacial score (nSPS) is 19.3. The summed E-state index contributed by atoms with van der Waals surface area (Å²) in [6.07, 6.45) is 7.54. The predicted molar refractivity (Wildman–Crippen MR) is 145 cm³/mol. The van der Waals surface area contributed by atoms with Crippen molar-refractivity contribution in [1.29, 1.82) is 0 Å². The van der Waals surface area contributed by atoms with Crippen molar-refractivity contribution in [1.82, 2.24) is 4.98 Å². The number of rotatable bonds is 8. The van der Waals surface area contributed by atoms with Crippen molar-refractivity contribution in [3.8, 4) is 10.4 Å². The van der Waals surface area contributed by atoms with Gasteiger partial charge in [0.2, 0.25) is 5.91 Å². The summed E-state index contributed by atoms with van der Waals surface area (Å²) in [7, 11) is 0. The molecule has 2 aliphatic carbocycles. The highest BCUT2D eigenvalue weighted by molar-refractivity contribution is 7.18. The fourth-order valence-electron chi connectivity index (χ4n) is 4.88. The smallest absolute Gasteiger partial charge is 0.348 e. The van der Waals surface area contributed by atoms with Gasteiger partial charge in [-0.3, -0.25) is 14.6 Å². The fraction of sp³-hybridized carbons (Fsp3) is 0.379. The summed E-state index contributed by atoms with van der Waals surface area (Å²) in [5.41, 5.74) is 2.29. The number of thiophene rings is 1. The lowest BCUT2D eigenvalue weighted by Gasteiger charge is -2.31. The van der Waals surface area contributed by atoms with Crippen LogP contribution >= 0.6 is 11.3 Å². The summed E-state index contributed by atoms with van der Waals surface area (Å²) in [4.78, 5) is 45.1. The zero-order valence-corrected chi connectivity index (χ0v) is 21.7. The van der Waals surface area contributed by atoms with Crippen LogP contribution in [0.3, 0.4) is 0 Å². The lowest BCUT2D eigenvalue weighted by molar-refractivity contribution is -0.123. The van der Waals surface area contributed by atoms with Crippen LogP contribution in [0.15, 0.2) is 54.7 Å². The molecule has 0 atom stereocenters. The van der Waals surface area contributed by atoms with Crippen LogP contribution in [0.1, 0.15) is 65.6 Å². The summed E-state index contributed by atoms with van der Waals surface area (Å²) in [6.45, 7) is 2.81. The third-order valence-corrected chi connectivity index (χ3v) is 8.45. The van der Waals surface area contributed by atoms with Crippen LogP contribution in [0, 0.1) is 17.8 Å². The Bertz CT molecular complexity index is 1280. The number of hydrogen-bond acceptors (Lipinski definition) is 5. The van der Waals surface area contributed by atoms with Crippen molar-refractivity contribution < 1.29 is 19.5 Å². The monoisotopic (exact) mass is 517 g/mol. The van der Waals surface area contributed by atoms with Crippen LogP contribution in [0.4, 0.5) is 11.4 Å². The van der Waals surface area contributed by atoms with Gasteiger partial charge in [-0.2, -0.15) is 0 Å². The predicted octanol–water partition coefficient (Wildman–Crippen LogP) is 6.33. The van der Waals surface area contributed by atoms with E-state index in [9.17, 15) is 19.5 Å². The largest absolute Gasteiger partial charge is 0.477 e. The minimum absolute atomic E-state index is 0.0399. The van der Waals surface area contributed by atoms with Gasteiger partial charge in [-0.05, 0) is 86.3 Å². The molecular formula is C29H31N3O4S. The van der Waals surface area contributed by atoms with E-state index in [4.69, 9.17) is 0 Å². The molecule has 0 bridgehead atoms. The van der Waals surface area contributed by atoms with Gasteiger partial charge in [-0.1, -0.05) is 25.1 Å². The van der Waals surface area contributed by atoms with Gasteiger partial charge in [0, 0.05) is 29.2 Å². The quantitative estimate of drug-likeness (QED) is 0.364. The summed E-state index contributed by atoms with van der Waals surface area (Å²) in [5, 5.41) is 12.8. The molecule has 7 nitrogen and oxygen atoms in total. The van der Waals surface area contributed by atoms with Crippen LogP contribution in [-0.2, 0) is 4.79 Å². The van der Waals surface area contributed by atoms with E-state index in [2.05, 4.69) is 17.2 Å². The van der Waals surface area contributed by atoms with Crippen molar-refractivity contribution in [2.45, 2.75) is 45.4 Å². The second-order valence-corrected chi connectivity index (χ2v) is 11.3. The number of carbonyl (C=O) groups is 3. The Morgan fingerprint density at radius 1 is 1.03 bits per heavy atom. The Morgan fingerprint density at radius 3 is 2.38 bits per heavy atom. The maximum Gasteiger partial charge on any atom is 0.348 e. The van der Waals surface area contributed by atoms with E-state index in [0.29, 0.717) is 35.4 Å². The third-order valence-electron chi connectivity index (χ3n) is 7.29. The fourth-order valence-corrected chi connectivity index (χ4v) is 5.89. The topological polar surface area (TPSA) is 99.6 Å². The SMILES string of the molecule is C[C@H]1CC[C@H](C(=O)N(CC2CC2)c2cc(-c3ccc(NC(=O)c4ccccn4)cc3)sc2C(=O)O)CC1. The highest BCUT2D eigenvalue weighted by Gasteiger charge is 2.35. The molecule has 5 rings (SSSR count). The summed E-state index contributed by atoms with van der Waals surface area (Å²) >= 11 is 1.19. The lowest BCUT2D eigenvalue weighted by atomic mass is 9.82. The van der Waals surface area contributed by atoms with E-state index in [-0.39, 0.29) is 22.6 Å². The average molecular weight is 518 g/mol. The van der Waals surface area contributed by atoms with Crippen molar-refractivity contribution in [2.75, 3.05) is 16.8 Å². The number of benzene rings is 1. The number of anilines is 2. The zero-order valence-electron chi connectivity index (χ0n) is 20.9. The molecule has 2 amide bonds. The molecule has 1 aromatic carbocycles. The number of carboxylic acids is 1. The number of hydrogen-bond donors (Lipinski definition) is 2. The number of nitrogens with zero attached hydrogens (tertiary/aromatic N) is 2. The molecule has 3 aromatic rings. The van der Waals surface area contributed by atoms with Crippen LogP contribution < -0.4 is 10.2 Å². The first-order valence-electron chi connectivity index (χ1n) is 12.9. The van der Waals surface area contributed by atoms with E-state index < -0.39 is 5.97 Å². The molecule has 192 valence electrons. The Morgan fingerprint density at radius 2 is 1.76 bits per heavy atom. The molecule has 0 spiro atoms. The number of amides is 2. The summed E-state index contributed by atoms with van der Waals surface area (Å²) in [6, 6.07) is 14.3. The second-order valence-electron chi connectivity index (χ2n) is 10.2. The third kappa shape index (κ3) is 5.91. The number of carbonyl (C=O) groups excluding carboxylic acids is 2. The Kier molecular flexibility index (Phi) is 7.37. The molecule has 0 aliphatic heterocycles. The molecule has 2 aromatic heterocycles.